The Labute approximate surface area is 114 Å². The molecule has 3 aromatic heterocycles. The molecule has 0 amide bonds. The largest absolute Gasteiger partial charge is 0.293 e. The average molecular weight is 272 g/mol. The van der Waals surface area contributed by atoms with Gasteiger partial charge in [-0.05, 0) is 30.4 Å². The van der Waals surface area contributed by atoms with E-state index in [0.29, 0.717) is 11.3 Å². The predicted molar refractivity (Wildman–Crippen MR) is 73.0 cm³/mol. The van der Waals surface area contributed by atoms with E-state index in [0.717, 1.165) is 17.2 Å². The van der Waals surface area contributed by atoms with Crippen molar-refractivity contribution in [3.8, 4) is 11.5 Å². The molecule has 0 unspecified atom stereocenters. The minimum atomic E-state index is 0.561. The molecular formula is C12H12N6S. The summed E-state index contributed by atoms with van der Waals surface area (Å²) in [6.45, 7) is 0.572. The Morgan fingerprint density at radius 1 is 1.32 bits per heavy atom. The second kappa shape index (κ2) is 4.77. The Hall–Kier alpha value is -2.28. The van der Waals surface area contributed by atoms with Gasteiger partial charge in [0.1, 0.15) is 5.69 Å². The molecule has 0 saturated carbocycles. The standard InChI is InChI=1S/C12H12N6S/c1-17-7-5-9(16-17)8-18-11(14-15-12(18)19)10-4-2-3-6-13-10/h2-7H,8H2,1H3,(H,15,19). The van der Waals surface area contributed by atoms with Crippen LogP contribution in [0, 0.1) is 4.77 Å². The first-order valence-corrected chi connectivity index (χ1v) is 6.20. The van der Waals surface area contributed by atoms with Gasteiger partial charge in [0, 0.05) is 19.4 Å². The van der Waals surface area contributed by atoms with Crippen LogP contribution in [0.1, 0.15) is 5.69 Å². The minimum absolute atomic E-state index is 0.561. The van der Waals surface area contributed by atoms with Crippen LogP contribution in [0.4, 0.5) is 0 Å². The number of nitrogens with zero attached hydrogens (tertiary/aromatic N) is 5. The second-order valence-corrected chi connectivity index (χ2v) is 4.52. The van der Waals surface area contributed by atoms with Crippen molar-refractivity contribution in [2.75, 3.05) is 0 Å². The molecule has 3 rings (SSSR count). The summed E-state index contributed by atoms with van der Waals surface area (Å²) in [5.74, 6) is 0.719. The van der Waals surface area contributed by atoms with Gasteiger partial charge in [0.25, 0.3) is 0 Å². The zero-order valence-corrected chi connectivity index (χ0v) is 11.1. The van der Waals surface area contributed by atoms with Crippen molar-refractivity contribution in [2.24, 2.45) is 7.05 Å². The maximum Gasteiger partial charge on any atom is 0.195 e. The molecule has 0 radical (unpaired) electrons. The molecule has 0 bridgehead atoms. The fraction of sp³-hybridized carbons (Fsp3) is 0.167. The molecule has 0 aromatic carbocycles. The highest BCUT2D eigenvalue weighted by Crippen LogP contribution is 2.15. The highest BCUT2D eigenvalue weighted by atomic mass is 32.1. The topological polar surface area (TPSA) is 64.3 Å². The number of rotatable bonds is 3. The molecule has 19 heavy (non-hydrogen) atoms. The van der Waals surface area contributed by atoms with Crippen LogP contribution in [0.25, 0.3) is 11.5 Å². The van der Waals surface area contributed by atoms with E-state index in [2.05, 4.69) is 20.3 Å². The van der Waals surface area contributed by atoms with Crippen molar-refractivity contribution in [1.82, 2.24) is 29.5 Å². The zero-order chi connectivity index (χ0) is 13.2. The third-order valence-corrected chi connectivity index (χ3v) is 3.05. The first kappa shape index (κ1) is 11.8. The summed E-state index contributed by atoms with van der Waals surface area (Å²) in [5.41, 5.74) is 1.71. The van der Waals surface area contributed by atoms with Crippen LogP contribution in [0.2, 0.25) is 0 Å². The third kappa shape index (κ3) is 2.32. The van der Waals surface area contributed by atoms with Crippen LogP contribution < -0.4 is 0 Å². The Morgan fingerprint density at radius 3 is 2.89 bits per heavy atom. The first-order valence-electron chi connectivity index (χ1n) is 5.79. The number of hydrogen-bond donors (Lipinski definition) is 1. The molecule has 0 aliphatic rings. The van der Waals surface area contributed by atoms with Gasteiger partial charge in [0.2, 0.25) is 0 Å². The lowest BCUT2D eigenvalue weighted by Crippen LogP contribution is -2.04. The summed E-state index contributed by atoms with van der Waals surface area (Å²) in [4.78, 5) is 4.29. The molecule has 0 aliphatic heterocycles. The minimum Gasteiger partial charge on any atom is -0.293 e. The van der Waals surface area contributed by atoms with Gasteiger partial charge in [-0.1, -0.05) is 6.07 Å². The Kier molecular flexibility index (Phi) is 2.96. The number of aryl methyl sites for hydroxylation is 1. The fourth-order valence-corrected chi connectivity index (χ4v) is 2.06. The molecule has 96 valence electrons. The highest BCUT2D eigenvalue weighted by molar-refractivity contribution is 7.71. The maximum absolute atomic E-state index is 5.26. The fourth-order valence-electron chi connectivity index (χ4n) is 1.86. The van der Waals surface area contributed by atoms with Crippen molar-refractivity contribution in [3.63, 3.8) is 0 Å². The number of pyridine rings is 1. The van der Waals surface area contributed by atoms with Crippen molar-refractivity contribution >= 4 is 12.2 Å². The van der Waals surface area contributed by atoms with Gasteiger partial charge in [-0.3, -0.25) is 19.3 Å². The number of hydrogen-bond acceptors (Lipinski definition) is 4. The molecule has 0 saturated heterocycles. The van der Waals surface area contributed by atoms with Crippen LogP contribution >= 0.6 is 12.2 Å². The van der Waals surface area contributed by atoms with Crippen molar-refractivity contribution < 1.29 is 0 Å². The summed E-state index contributed by atoms with van der Waals surface area (Å²) >= 11 is 5.26. The monoisotopic (exact) mass is 272 g/mol. The van der Waals surface area contributed by atoms with Crippen molar-refractivity contribution in [2.45, 2.75) is 6.54 Å². The van der Waals surface area contributed by atoms with Crippen LogP contribution in [-0.2, 0) is 13.6 Å². The average Bonchev–Trinajstić information content (AvgIpc) is 2.99. The molecule has 1 N–H and O–H groups in total. The number of H-pyrrole nitrogens is 1. The molecule has 0 aliphatic carbocycles. The van der Waals surface area contributed by atoms with E-state index < -0.39 is 0 Å². The van der Waals surface area contributed by atoms with E-state index >= 15 is 0 Å². The van der Waals surface area contributed by atoms with Crippen LogP contribution in [-0.4, -0.2) is 29.5 Å². The summed E-state index contributed by atoms with van der Waals surface area (Å²) < 4.78 is 4.21. The van der Waals surface area contributed by atoms with Gasteiger partial charge in [-0.25, -0.2) is 0 Å². The lowest BCUT2D eigenvalue weighted by molar-refractivity contribution is 0.703. The molecule has 3 aromatic rings. The number of aromatic nitrogens is 6. The molecule has 0 atom stereocenters. The first-order chi connectivity index (χ1) is 9.24. The molecule has 6 nitrogen and oxygen atoms in total. The Balaban J connectivity index is 2.02. The summed E-state index contributed by atoms with van der Waals surface area (Å²) in [6.07, 6.45) is 3.64. The van der Waals surface area contributed by atoms with E-state index in [4.69, 9.17) is 12.2 Å². The van der Waals surface area contributed by atoms with Crippen LogP contribution in [0.3, 0.4) is 0 Å². The van der Waals surface area contributed by atoms with Crippen LogP contribution in [0.15, 0.2) is 36.7 Å². The Morgan fingerprint density at radius 2 is 2.21 bits per heavy atom. The number of nitrogens with one attached hydrogen (secondary N) is 1. The lowest BCUT2D eigenvalue weighted by Gasteiger charge is -2.03. The van der Waals surface area contributed by atoms with E-state index in [1.54, 1.807) is 10.9 Å². The van der Waals surface area contributed by atoms with Crippen molar-refractivity contribution in [3.05, 3.63) is 47.1 Å². The van der Waals surface area contributed by atoms with E-state index in [9.17, 15) is 0 Å². The molecule has 0 fully saturated rings. The smallest absolute Gasteiger partial charge is 0.195 e. The van der Waals surface area contributed by atoms with E-state index in [1.807, 2.05) is 42.1 Å². The number of aromatic amines is 1. The highest BCUT2D eigenvalue weighted by Gasteiger charge is 2.11. The SMILES string of the molecule is Cn1ccc(Cn2c(-c3ccccn3)n[nH]c2=S)n1. The molecule has 3 heterocycles. The second-order valence-electron chi connectivity index (χ2n) is 4.13. The van der Waals surface area contributed by atoms with Gasteiger partial charge in [0.05, 0.1) is 12.2 Å². The Bertz CT molecular complexity index is 739. The summed E-state index contributed by atoms with van der Waals surface area (Å²) in [6, 6.07) is 7.65. The lowest BCUT2D eigenvalue weighted by atomic mass is 10.3. The molecule has 0 spiro atoms. The van der Waals surface area contributed by atoms with E-state index in [1.165, 1.54) is 0 Å². The molecule has 7 heteroatoms. The van der Waals surface area contributed by atoms with Gasteiger partial charge >= 0.3 is 0 Å². The predicted octanol–water partition coefficient (Wildman–Crippen LogP) is 1.78. The van der Waals surface area contributed by atoms with Gasteiger partial charge < -0.3 is 0 Å². The summed E-state index contributed by atoms with van der Waals surface area (Å²) in [5, 5.41) is 11.4. The van der Waals surface area contributed by atoms with E-state index in [-0.39, 0.29) is 0 Å². The molecular weight excluding hydrogens is 260 g/mol. The summed E-state index contributed by atoms with van der Waals surface area (Å²) in [7, 11) is 1.89. The maximum atomic E-state index is 5.26. The normalized spacial score (nSPS) is 10.8. The van der Waals surface area contributed by atoms with Crippen LogP contribution in [0.5, 0.6) is 0 Å². The van der Waals surface area contributed by atoms with Gasteiger partial charge in [-0.15, -0.1) is 0 Å². The van der Waals surface area contributed by atoms with Gasteiger partial charge in [-0.2, -0.15) is 10.2 Å². The third-order valence-electron chi connectivity index (χ3n) is 2.74. The van der Waals surface area contributed by atoms with Gasteiger partial charge in [0.15, 0.2) is 10.6 Å². The zero-order valence-electron chi connectivity index (χ0n) is 10.3. The quantitative estimate of drug-likeness (QED) is 0.738. The van der Waals surface area contributed by atoms with Crippen molar-refractivity contribution in [1.29, 1.82) is 0 Å².